The highest BCUT2D eigenvalue weighted by Crippen LogP contribution is 2.16. The molecule has 0 radical (unpaired) electrons. The van der Waals surface area contributed by atoms with Gasteiger partial charge < -0.3 is 14.2 Å². The van der Waals surface area contributed by atoms with Crippen LogP contribution in [0.4, 0.5) is 0 Å². The van der Waals surface area contributed by atoms with Crippen LogP contribution in [-0.2, 0) is 23.8 Å². The van der Waals surface area contributed by atoms with Crippen LogP contribution in [0, 0.1) is 0 Å². The summed E-state index contributed by atoms with van der Waals surface area (Å²) in [6.45, 7) is 7.69. The molecule has 0 aromatic rings. The fourth-order valence-corrected chi connectivity index (χ4v) is 8.45. The maximum Gasteiger partial charge on any atom is 0.306 e. The SMILES string of the molecule is CC/C=C\C/C=C\C/C=C\C/C=C\C/C=C\CCCCCC(=O)OCC(COCCCCCCCCCCCCCCCCCC)OC(=O)CCCCCCCCCCC/C=C\C/C=C\CCCCC. The monoisotopic (exact) mass is 975 g/mol. The summed E-state index contributed by atoms with van der Waals surface area (Å²) in [6, 6.07) is 0. The number of ether oxygens (including phenoxy) is 3. The molecule has 0 aliphatic carbocycles. The molecule has 0 aliphatic heterocycles. The van der Waals surface area contributed by atoms with Crippen molar-refractivity contribution in [2.75, 3.05) is 19.8 Å². The van der Waals surface area contributed by atoms with E-state index in [2.05, 4.69) is 106 Å². The quantitative estimate of drug-likeness (QED) is 0.0345. The van der Waals surface area contributed by atoms with Crippen LogP contribution >= 0.6 is 0 Å². The third-order valence-electron chi connectivity index (χ3n) is 12.9. The Hall–Kier alpha value is -2.92. The lowest BCUT2D eigenvalue weighted by Gasteiger charge is -2.18. The van der Waals surface area contributed by atoms with Gasteiger partial charge in [-0.3, -0.25) is 9.59 Å². The van der Waals surface area contributed by atoms with E-state index in [0.29, 0.717) is 19.4 Å². The molecule has 0 saturated carbocycles. The Bertz CT molecular complexity index is 1290. The van der Waals surface area contributed by atoms with Crippen molar-refractivity contribution in [3.05, 3.63) is 85.1 Å². The summed E-state index contributed by atoms with van der Waals surface area (Å²) in [5.74, 6) is -0.429. The molecule has 5 heteroatoms. The minimum atomic E-state index is -0.555. The first kappa shape index (κ1) is 67.1. The molecule has 0 spiro atoms. The van der Waals surface area contributed by atoms with Gasteiger partial charge in [0.15, 0.2) is 6.10 Å². The van der Waals surface area contributed by atoms with E-state index in [0.717, 1.165) is 96.3 Å². The second-order valence-corrected chi connectivity index (χ2v) is 19.9. The number of hydrogen-bond acceptors (Lipinski definition) is 5. The van der Waals surface area contributed by atoms with Crippen molar-refractivity contribution in [1.29, 1.82) is 0 Å². The van der Waals surface area contributed by atoms with Crippen LogP contribution in [-0.4, -0.2) is 37.9 Å². The number of allylic oxidation sites excluding steroid dienone is 14. The summed E-state index contributed by atoms with van der Waals surface area (Å²) in [6.07, 6.45) is 80.3. The van der Waals surface area contributed by atoms with Crippen LogP contribution in [0.3, 0.4) is 0 Å². The average molecular weight is 976 g/mol. The van der Waals surface area contributed by atoms with Crippen molar-refractivity contribution in [3.8, 4) is 0 Å². The lowest BCUT2D eigenvalue weighted by Crippen LogP contribution is -2.30. The Balaban J connectivity index is 4.33. The molecule has 0 fully saturated rings. The van der Waals surface area contributed by atoms with Gasteiger partial charge in [0.2, 0.25) is 0 Å². The zero-order chi connectivity index (χ0) is 50.6. The molecular formula is C65H114O5. The van der Waals surface area contributed by atoms with Gasteiger partial charge in [-0.1, -0.05) is 266 Å². The second-order valence-electron chi connectivity index (χ2n) is 19.9. The molecule has 0 N–H and O–H groups in total. The summed E-state index contributed by atoms with van der Waals surface area (Å²) in [7, 11) is 0. The van der Waals surface area contributed by atoms with Crippen molar-refractivity contribution in [2.45, 2.75) is 297 Å². The largest absolute Gasteiger partial charge is 0.462 e. The van der Waals surface area contributed by atoms with Crippen LogP contribution < -0.4 is 0 Å². The molecule has 0 saturated heterocycles. The third-order valence-corrected chi connectivity index (χ3v) is 12.9. The standard InChI is InChI=1S/C65H114O5/c1-4-7-10-13-16-19-22-25-28-31-33-35-37-40-43-46-49-52-55-58-64(66)69-62-63(61-68-60-57-54-51-48-45-42-39-30-27-24-21-18-15-12-9-6-3)70-65(67)59-56-53-50-47-44-41-38-36-34-32-29-26-23-20-17-14-11-8-5-2/h7,10,16-17,19-20,25-26,28-29,33,35,40,43,63H,4-6,8-9,11-15,18,21-24,27,30-32,34,36-39,41-42,44-62H2,1-3H3/b10-7-,19-16-,20-17-,28-25-,29-26-,35-33-,43-40-. The number of unbranched alkanes of at least 4 members (excludes halogenated alkanes) is 30. The maximum atomic E-state index is 12.9. The predicted molar refractivity (Wildman–Crippen MR) is 307 cm³/mol. The molecule has 0 aromatic carbocycles. The van der Waals surface area contributed by atoms with Gasteiger partial charge in [-0.25, -0.2) is 0 Å². The fourth-order valence-electron chi connectivity index (χ4n) is 8.45. The topological polar surface area (TPSA) is 61.8 Å². The Morgan fingerprint density at radius 3 is 1.07 bits per heavy atom. The van der Waals surface area contributed by atoms with E-state index >= 15 is 0 Å². The molecule has 0 rings (SSSR count). The maximum absolute atomic E-state index is 12.9. The Labute approximate surface area is 435 Å². The van der Waals surface area contributed by atoms with Gasteiger partial charge in [0.25, 0.3) is 0 Å². The molecule has 70 heavy (non-hydrogen) atoms. The molecule has 5 nitrogen and oxygen atoms in total. The molecule has 1 unspecified atom stereocenters. The zero-order valence-corrected chi connectivity index (χ0v) is 46.5. The van der Waals surface area contributed by atoms with Gasteiger partial charge in [0.05, 0.1) is 6.61 Å². The number of hydrogen-bond donors (Lipinski definition) is 0. The van der Waals surface area contributed by atoms with E-state index in [9.17, 15) is 9.59 Å². The van der Waals surface area contributed by atoms with Gasteiger partial charge in [0, 0.05) is 19.4 Å². The van der Waals surface area contributed by atoms with Gasteiger partial charge in [-0.05, 0) is 96.3 Å². The summed E-state index contributed by atoms with van der Waals surface area (Å²) in [4.78, 5) is 25.6. The lowest BCUT2D eigenvalue weighted by atomic mass is 10.0. The number of carbonyl (C=O) groups is 2. The summed E-state index contributed by atoms with van der Waals surface area (Å²) in [5.41, 5.74) is 0. The highest BCUT2D eigenvalue weighted by Gasteiger charge is 2.17. The average Bonchev–Trinajstić information content (AvgIpc) is 3.36. The highest BCUT2D eigenvalue weighted by molar-refractivity contribution is 5.70. The van der Waals surface area contributed by atoms with Crippen molar-refractivity contribution in [2.24, 2.45) is 0 Å². The number of rotatable bonds is 55. The Kier molecular flexibility index (Phi) is 57.9. The van der Waals surface area contributed by atoms with Crippen LogP contribution in [0.1, 0.15) is 290 Å². The van der Waals surface area contributed by atoms with Crippen LogP contribution in [0.25, 0.3) is 0 Å². The Morgan fingerprint density at radius 1 is 0.329 bits per heavy atom. The van der Waals surface area contributed by atoms with E-state index in [-0.39, 0.29) is 25.2 Å². The van der Waals surface area contributed by atoms with Crippen LogP contribution in [0.2, 0.25) is 0 Å². The van der Waals surface area contributed by atoms with Crippen molar-refractivity contribution in [3.63, 3.8) is 0 Å². The normalized spacial score (nSPS) is 12.8. The minimum absolute atomic E-state index is 0.0659. The molecule has 0 aromatic heterocycles. The number of esters is 2. The summed E-state index contributed by atoms with van der Waals surface area (Å²) in [5, 5.41) is 0. The first-order valence-corrected chi connectivity index (χ1v) is 30.1. The lowest BCUT2D eigenvalue weighted by molar-refractivity contribution is -0.163. The smallest absolute Gasteiger partial charge is 0.306 e. The van der Waals surface area contributed by atoms with Crippen LogP contribution in [0.15, 0.2) is 85.1 Å². The van der Waals surface area contributed by atoms with Crippen molar-refractivity contribution in [1.82, 2.24) is 0 Å². The Morgan fingerprint density at radius 2 is 0.643 bits per heavy atom. The first-order valence-electron chi connectivity index (χ1n) is 30.1. The third kappa shape index (κ3) is 57.7. The predicted octanol–water partition coefficient (Wildman–Crippen LogP) is 20.8. The zero-order valence-electron chi connectivity index (χ0n) is 46.5. The van der Waals surface area contributed by atoms with E-state index in [4.69, 9.17) is 14.2 Å². The minimum Gasteiger partial charge on any atom is -0.462 e. The van der Waals surface area contributed by atoms with Crippen molar-refractivity contribution < 1.29 is 23.8 Å². The van der Waals surface area contributed by atoms with Gasteiger partial charge >= 0.3 is 11.9 Å². The van der Waals surface area contributed by atoms with E-state index < -0.39 is 6.10 Å². The first-order chi connectivity index (χ1) is 34.6. The van der Waals surface area contributed by atoms with Crippen molar-refractivity contribution >= 4 is 11.9 Å². The van der Waals surface area contributed by atoms with Gasteiger partial charge in [-0.2, -0.15) is 0 Å². The summed E-state index contributed by atoms with van der Waals surface area (Å²) >= 11 is 0. The van der Waals surface area contributed by atoms with E-state index in [1.807, 2.05) is 0 Å². The highest BCUT2D eigenvalue weighted by atomic mass is 16.6. The van der Waals surface area contributed by atoms with E-state index in [1.165, 1.54) is 161 Å². The fraction of sp³-hybridized carbons (Fsp3) is 0.754. The van der Waals surface area contributed by atoms with E-state index in [1.54, 1.807) is 0 Å². The number of carbonyl (C=O) groups excluding carboxylic acids is 2. The molecular weight excluding hydrogens is 861 g/mol. The molecule has 0 aliphatic rings. The van der Waals surface area contributed by atoms with Gasteiger partial charge in [0.1, 0.15) is 6.61 Å². The molecule has 0 amide bonds. The summed E-state index contributed by atoms with van der Waals surface area (Å²) < 4.78 is 17.5. The molecule has 404 valence electrons. The second kappa shape index (κ2) is 60.4. The molecule has 1 atom stereocenters. The van der Waals surface area contributed by atoms with Gasteiger partial charge in [-0.15, -0.1) is 0 Å². The molecule has 0 heterocycles. The molecule has 0 bridgehead atoms. The van der Waals surface area contributed by atoms with Crippen LogP contribution in [0.5, 0.6) is 0 Å².